The Morgan fingerprint density at radius 1 is 1.00 bits per heavy atom. The third kappa shape index (κ3) is 1.02. The number of aliphatic hydroxyl groups is 4. The molecule has 1 fully saturated rings. The zero-order chi connectivity index (χ0) is 7.99. The molecule has 0 saturated carbocycles. The van der Waals surface area contributed by atoms with E-state index in [2.05, 4.69) is 0 Å². The molecule has 0 bridgehead atoms. The van der Waals surface area contributed by atoms with Gasteiger partial charge in [-0.25, -0.2) is 4.90 Å². The van der Waals surface area contributed by atoms with Gasteiger partial charge in [-0.2, -0.15) is 0 Å². The van der Waals surface area contributed by atoms with Gasteiger partial charge < -0.3 is 20.4 Å². The molecule has 0 spiro atoms. The molecule has 0 unspecified atom stereocenters. The SMILES string of the molecule is CN1C(O)(O)CCC1(O)O. The standard InChI is InChI=1S/C5H11NO4/c1-6-4(7,8)2-3-5(6,9)10/h7-10H,2-3H2,1H3. The summed E-state index contributed by atoms with van der Waals surface area (Å²) in [4.78, 5) is 0.708. The second kappa shape index (κ2) is 1.90. The van der Waals surface area contributed by atoms with Gasteiger partial charge in [0.25, 0.3) is 0 Å². The highest BCUT2D eigenvalue weighted by Gasteiger charge is 2.49. The number of hydrogen-bond donors (Lipinski definition) is 4. The molecule has 0 aromatic rings. The van der Waals surface area contributed by atoms with Gasteiger partial charge in [0.1, 0.15) is 0 Å². The molecule has 0 aromatic heterocycles. The smallest absolute Gasteiger partial charge is 0.229 e. The molecule has 0 radical (unpaired) electrons. The van der Waals surface area contributed by atoms with Crippen LogP contribution in [-0.2, 0) is 0 Å². The van der Waals surface area contributed by atoms with E-state index in [1.807, 2.05) is 0 Å². The van der Waals surface area contributed by atoms with Crippen molar-refractivity contribution < 1.29 is 20.4 Å². The van der Waals surface area contributed by atoms with Gasteiger partial charge in [0, 0.05) is 12.8 Å². The lowest BCUT2D eigenvalue weighted by atomic mass is 10.3. The monoisotopic (exact) mass is 149 g/mol. The van der Waals surface area contributed by atoms with Crippen molar-refractivity contribution in [1.29, 1.82) is 0 Å². The van der Waals surface area contributed by atoms with E-state index in [9.17, 15) is 0 Å². The fourth-order valence-electron chi connectivity index (χ4n) is 0.958. The van der Waals surface area contributed by atoms with Gasteiger partial charge in [-0.15, -0.1) is 0 Å². The van der Waals surface area contributed by atoms with Crippen LogP contribution in [-0.4, -0.2) is 44.2 Å². The summed E-state index contributed by atoms with van der Waals surface area (Å²) in [6.07, 6.45) is -0.118. The Bertz CT molecular complexity index is 129. The van der Waals surface area contributed by atoms with Crippen molar-refractivity contribution in [2.45, 2.75) is 24.7 Å². The molecule has 1 rings (SSSR count). The molecule has 1 aliphatic heterocycles. The Labute approximate surface area is 58.1 Å². The van der Waals surface area contributed by atoms with Crippen molar-refractivity contribution in [2.24, 2.45) is 0 Å². The van der Waals surface area contributed by atoms with Crippen LogP contribution in [0.5, 0.6) is 0 Å². The Balaban J connectivity index is 2.77. The predicted molar refractivity (Wildman–Crippen MR) is 31.3 cm³/mol. The molecular formula is C5H11NO4. The maximum atomic E-state index is 8.96. The van der Waals surface area contributed by atoms with Crippen molar-refractivity contribution in [2.75, 3.05) is 7.05 Å². The first-order chi connectivity index (χ1) is 4.36. The van der Waals surface area contributed by atoms with Crippen LogP contribution in [0.25, 0.3) is 0 Å². The first-order valence-corrected chi connectivity index (χ1v) is 3.00. The second-order valence-corrected chi connectivity index (χ2v) is 2.61. The zero-order valence-electron chi connectivity index (χ0n) is 5.65. The molecule has 10 heavy (non-hydrogen) atoms. The molecule has 5 heteroatoms. The van der Waals surface area contributed by atoms with Crippen molar-refractivity contribution in [1.82, 2.24) is 4.90 Å². The Morgan fingerprint density at radius 2 is 1.30 bits per heavy atom. The quantitative estimate of drug-likeness (QED) is 0.299. The van der Waals surface area contributed by atoms with Crippen LogP contribution in [0.4, 0.5) is 0 Å². The Hall–Kier alpha value is -0.200. The molecule has 1 aliphatic rings. The van der Waals surface area contributed by atoms with E-state index in [0.717, 1.165) is 0 Å². The molecule has 0 aliphatic carbocycles. The molecule has 1 heterocycles. The molecule has 60 valence electrons. The van der Waals surface area contributed by atoms with Gasteiger partial charge >= 0.3 is 0 Å². The summed E-state index contributed by atoms with van der Waals surface area (Å²) in [6.45, 7) is 0. The maximum absolute atomic E-state index is 8.96. The average Bonchev–Trinajstić information content (AvgIpc) is 1.95. The minimum atomic E-state index is -2.08. The summed E-state index contributed by atoms with van der Waals surface area (Å²) in [7, 11) is 1.23. The summed E-state index contributed by atoms with van der Waals surface area (Å²) < 4.78 is 0. The van der Waals surface area contributed by atoms with Crippen LogP contribution in [0.1, 0.15) is 12.8 Å². The molecular weight excluding hydrogens is 138 g/mol. The van der Waals surface area contributed by atoms with E-state index in [1.54, 1.807) is 0 Å². The number of hydrogen-bond acceptors (Lipinski definition) is 5. The van der Waals surface area contributed by atoms with Gasteiger partial charge in [-0.1, -0.05) is 0 Å². The lowest BCUT2D eigenvalue weighted by molar-refractivity contribution is -0.333. The summed E-state index contributed by atoms with van der Waals surface area (Å²) in [6, 6.07) is 0. The van der Waals surface area contributed by atoms with Gasteiger partial charge in [0.15, 0.2) is 0 Å². The molecule has 5 nitrogen and oxygen atoms in total. The highest BCUT2D eigenvalue weighted by atomic mass is 16.6. The fraction of sp³-hybridized carbons (Fsp3) is 1.00. The highest BCUT2D eigenvalue weighted by Crippen LogP contribution is 2.32. The first-order valence-electron chi connectivity index (χ1n) is 3.00. The van der Waals surface area contributed by atoms with Gasteiger partial charge in [-0.05, 0) is 7.05 Å². The van der Waals surface area contributed by atoms with Gasteiger partial charge in [0.05, 0.1) is 0 Å². The number of nitrogens with zero attached hydrogens (tertiary/aromatic N) is 1. The second-order valence-electron chi connectivity index (χ2n) is 2.61. The number of likely N-dealkylation sites (tertiary alicyclic amines) is 1. The van der Waals surface area contributed by atoms with Crippen LogP contribution in [0, 0.1) is 0 Å². The van der Waals surface area contributed by atoms with E-state index in [4.69, 9.17) is 20.4 Å². The average molecular weight is 149 g/mol. The Morgan fingerprint density at radius 3 is 1.40 bits per heavy atom. The van der Waals surface area contributed by atoms with Crippen LogP contribution in [0.15, 0.2) is 0 Å². The normalized spacial score (nSPS) is 30.9. The van der Waals surface area contributed by atoms with Crippen molar-refractivity contribution in [3.05, 3.63) is 0 Å². The summed E-state index contributed by atoms with van der Waals surface area (Å²) in [5.41, 5.74) is 0. The maximum Gasteiger partial charge on any atom is 0.229 e. The summed E-state index contributed by atoms with van der Waals surface area (Å²) in [5.74, 6) is -4.16. The Kier molecular flexibility index (Phi) is 1.50. The van der Waals surface area contributed by atoms with Crippen LogP contribution in [0.3, 0.4) is 0 Å². The molecule has 0 amide bonds. The van der Waals surface area contributed by atoms with Crippen LogP contribution >= 0.6 is 0 Å². The van der Waals surface area contributed by atoms with E-state index in [1.165, 1.54) is 7.05 Å². The largest absolute Gasteiger partial charge is 0.353 e. The molecule has 0 atom stereocenters. The molecule has 0 aromatic carbocycles. The lowest BCUT2D eigenvalue weighted by Gasteiger charge is -2.30. The van der Waals surface area contributed by atoms with Crippen molar-refractivity contribution in [3.8, 4) is 0 Å². The van der Waals surface area contributed by atoms with Crippen molar-refractivity contribution >= 4 is 0 Å². The topological polar surface area (TPSA) is 84.2 Å². The fourth-order valence-corrected chi connectivity index (χ4v) is 0.958. The van der Waals surface area contributed by atoms with E-state index < -0.39 is 11.8 Å². The van der Waals surface area contributed by atoms with Crippen LogP contribution in [0.2, 0.25) is 0 Å². The summed E-state index contributed by atoms with van der Waals surface area (Å²) in [5, 5.41) is 35.8. The number of rotatable bonds is 0. The van der Waals surface area contributed by atoms with Crippen LogP contribution < -0.4 is 0 Å². The predicted octanol–water partition coefficient (Wildman–Crippen LogP) is -2.01. The van der Waals surface area contributed by atoms with E-state index in [0.29, 0.717) is 4.90 Å². The zero-order valence-corrected chi connectivity index (χ0v) is 5.65. The highest BCUT2D eigenvalue weighted by molar-refractivity contribution is 4.81. The third-order valence-electron chi connectivity index (χ3n) is 1.87. The summed E-state index contributed by atoms with van der Waals surface area (Å²) >= 11 is 0. The lowest BCUT2D eigenvalue weighted by Crippen LogP contribution is -2.51. The minimum Gasteiger partial charge on any atom is -0.353 e. The van der Waals surface area contributed by atoms with Crippen molar-refractivity contribution in [3.63, 3.8) is 0 Å². The third-order valence-corrected chi connectivity index (χ3v) is 1.87. The van der Waals surface area contributed by atoms with Gasteiger partial charge in [0.2, 0.25) is 11.8 Å². The van der Waals surface area contributed by atoms with E-state index >= 15 is 0 Å². The van der Waals surface area contributed by atoms with E-state index in [-0.39, 0.29) is 12.8 Å². The first kappa shape index (κ1) is 7.90. The minimum absolute atomic E-state index is 0.0590. The molecule has 1 saturated heterocycles. The van der Waals surface area contributed by atoms with Gasteiger partial charge in [-0.3, -0.25) is 0 Å². The molecule has 4 N–H and O–H groups in total.